The number of benzene rings is 3. The number of aliphatic hydroxyl groups excluding tert-OH is 1. The Morgan fingerprint density at radius 1 is 1.03 bits per heavy atom. The molecule has 0 fully saturated rings. The Labute approximate surface area is 225 Å². The van der Waals surface area contributed by atoms with Gasteiger partial charge in [0.1, 0.15) is 18.0 Å². The van der Waals surface area contributed by atoms with Gasteiger partial charge in [0.05, 0.1) is 23.7 Å². The van der Waals surface area contributed by atoms with E-state index in [9.17, 15) is 23.9 Å². The van der Waals surface area contributed by atoms with Crippen molar-refractivity contribution < 1.29 is 23.9 Å². The number of para-hydroxylation sites is 3. The third-order valence-electron chi connectivity index (χ3n) is 7.04. The van der Waals surface area contributed by atoms with E-state index in [2.05, 4.69) is 15.5 Å². The Morgan fingerprint density at radius 3 is 2.59 bits per heavy atom. The first-order valence-electron chi connectivity index (χ1n) is 12.9. The second kappa shape index (κ2) is 11.1. The number of carbonyl (C=O) groups is 3. The van der Waals surface area contributed by atoms with Crippen molar-refractivity contribution in [3.05, 3.63) is 83.2 Å². The zero-order chi connectivity index (χ0) is 27.5. The fourth-order valence-electron chi connectivity index (χ4n) is 5.11. The first-order valence-corrected chi connectivity index (χ1v) is 12.9. The minimum atomic E-state index is -0.601. The van der Waals surface area contributed by atoms with Gasteiger partial charge in [-0.15, -0.1) is 0 Å². The molecule has 39 heavy (non-hydrogen) atoms. The van der Waals surface area contributed by atoms with Crippen LogP contribution < -0.4 is 25.3 Å². The van der Waals surface area contributed by atoms with Gasteiger partial charge in [0.2, 0.25) is 5.91 Å². The van der Waals surface area contributed by atoms with E-state index in [1.807, 2.05) is 31.2 Å². The molecular weight excluding hydrogens is 501 g/mol. The highest BCUT2D eigenvalue weighted by Gasteiger charge is 2.30. The molecule has 0 aromatic heterocycles. The summed E-state index contributed by atoms with van der Waals surface area (Å²) >= 11 is 0. The number of hydrogen-bond acceptors (Lipinski definition) is 5. The lowest BCUT2D eigenvalue weighted by Gasteiger charge is -2.29. The molecule has 0 saturated carbocycles. The third kappa shape index (κ3) is 5.28. The summed E-state index contributed by atoms with van der Waals surface area (Å²) in [5.74, 6) is -1.13. The summed E-state index contributed by atoms with van der Waals surface area (Å²) in [7, 11) is 0. The maximum absolute atomic E-state index is 14.5. The Morgan fingerprint density at radius 2 is 1.82 bits per heavy atom. The molecule has 0 radical (unpaired) electrons. The van der Waals surface area contributed by atoms with Crippen LogP contribution in [0.25, 0.3) is 0 Å². The van der Waals surface area contributed by atoms with E-state index in [0.717, 1.165) is 40.4 Å². The minimum Gasteiger partial charge on any atom is -0.395 e. The number of aliphatic hydroxyl groups is 1. The topological polar surface area (TPSA) is 105 Å². The first kappa shape index (κ1) is 26.2. The van der Waals surface area contributed by atoms with E-state index >= 15 is 0 Å². The monoisotopic (exact) mass is 531 g/mol. The number of anilines is 4. The molecule has 0 atom stereocenters. The molecule has 0 aliphatic carbocycles. The molecule has 0 bridgehead atoms. The highest BCUT2D eigenvalue weighted by molar-refractivity contribution is 6.10. The van der Waals surface area contributed by atoms with Crippen molar-refractivity contribution in [2.75, 3.05) is 52.8 Å². The van der Waals surface area contributed by atoms with E-state index in [1.165, 1.54) is 12.1 Å². The lowest BCUT2D eigenvalue weighted by molar-refractivity contribution is -0.115. The number of aryl methyl sites for hydroxylation is 1. The molecule has 202 valence electrons. The van der Waals surface area contributed by atoms with Crippen molar-refractivity contribution in [3.8, 4) is 0 Å². The van der Waals surface area contributed by atoms with Crippen LogP contribution in [0, 0.1) is 12.7 Å². The van der Waals surface area contributed by atoms with Crippen molar-refractivity contribution >= 4 is 40.6 Å². The minimum absolute atomic E-state index is 0.0301. The second-order valence-corrected chi connectivity index (χ2v) is 9.58. The van der Waals surface area contributed by atoms with Crippen LogP contribution in [-0.4, -0.2) is 55.7 Å². The Hall–Kier alpha value is -4.44. The summed E-state index contributed by atoms with van der Waals surface area (Å²) in [4.78, 5) is 43.6. The number of halogens is 1. The van der Waals surface area contributed by atoms with E-state index in [4.69, 9.17) is 0 Å². The maximum Gasteiger partial charge on any atom is 0.322 e. The molecule has 2 heterocycles. The van der Waals surface area contributed by atoms with Crippen LogP contribution in [0.3, 0.4) is 0 Å². The molecule has 0 saturated heterocycles. The van der Waals surface area contributed by atoms with Crippen molar-refractivity contribution in [2.24, 2.45) is 0 Å². The number of carbonyl (C=O) groups excluding carboxylic acids is 3. The number of hydrogen-bond donors (Lipinski definition) is 3. The maximum atomic E-state index is 14.5. The number of β-amino-alcohol motifs (C(OH)–C–C–N with tert-alkyl or cyclic N) is 1. The number of amides is 4. The molecular formula is C29H30FN5O4. The second-order valence-electron chi connectivity index (χ2n) is 9.58. The quantitative estimate of drug-likeness (QED) is 0.466. The summed E-state index contributed by atoms with van der Waals surface area (Å²) in [5, 5.41) is 14.8. The normalized spacial score (nSPS) is 14.7. The van der Waals surface area contributed by atoms with Gasteiger partial charge in [0.15, 0.2) is 0 Å². The number of nitrogens with zero attached hydrogens (tertiary/aromatic N) is 3. The molecule has 0 spiro atoms. The highest BCUT2D eigenvalue weighted by Crippen LogP contribution is 2.34. The van der Waals surface area contributed by atoms with Crippen LogP contribution in [0.2, 0.25) is 0 Å². The molecule has 3 aromatic rings. The molecule has 9 nitrogen and oxygen atoms in total. The molecule has 2 aliphatic rings. The van der Waals surface area contributed by atoms with E-state index in [-0.39, 0.29) is 37.0 Å². The summed E-state index contributed by atoms with van der Waals surface area (Å²) in [5.41, 5.74) is 4.13. The van der Waals surface area contributed by atoms with Gasteiger partial charge in [-0.2, -0.15) is 0 Å². The number of nitrogens with one attached hydrogen (secondary N) is 2. The van der Waals surface area contributed by atoms with Gasteiger partial charge in [-0.05, 0) is 60.9 Å². The van der Waals surface area contributed by atoms with Crippen molar-refractivity contribution in [2.45, 2.75) is 19.9 Å². The van der Waals surface area contributed by atoms with Crippen LogP contribution in [0.4, 0.5) is 31.9 Å². The van der Waals surface area contributed by atoms with E-state index in [1.54, 1.807) is 29.2 Å². The van der Waals surface area contributed by atoms with Gasteiger partial charge < -0.3 is 25.5 Å². The van der Waals surface area contributed by atoms with Gasteiger partial charge in [0, 0.05) is 31.7 Å². The number of fused-ring (bicyclic) bond motifs is 2. The van der Waals surface area contributed by atoms with Crippen LogP contribution in [-0.2, 0) is 11.3 Å². The Balaban J connectivity index is 1.31. The van der Waals surface area contributed by atoms with Gasteiger partial charge in [0.25, 0.3) is 5.91 Å². The lowest BCUT2D eigenvalue weighted by Crippen LogP contribution is -2.47. The van der Waals surface area contributed by atoms with Gasteiger partial charge in [-0.1, -0.05) is 24.3 Å². The number of urea groups is 1. The standard InChI is InChI=1S/C29H30FN5O4/c1-19-16-20(28(38)34-13-5-12-33(14-15-36)24-8-2-3-9-25(24)34)10-11-21(19)17-31-29(39)35-18-26(37)32-23-7-4-6-22(30)27(23)35/h2-4,6-11,16,36H,5,12-15,17-18H2,1H3,(H,31,39)(H,32,37). The third-order valence-corrected chi connectivity index (χ3v) is 7.04. The Bertz CT molecular complexity index is 1430. The highest BCUT2D eigenvalue weighted by atomic mass is 19.1. The van der Waals surface area contributed by atoms with Crippen molar-refractivity contribution in [1.29, 1.82) is 0 Å². The van der Waals surface area contributed by atoms with Crippen molar-refractivity contribution in [1.82, 2.24) is 5.32 Å². The van der Waals surface area contributed by atoms with Crippen LogP contribution >= 0.6 is 0 Å². The fourth-order valence-corrected chi connectivity index (χ4v) is 5.11. The average molecular weight is 532 g/mol. The predicted molar refractivity (Wildman–Crippen MR) is 148 cm³/mol. The molecule has 5 rings (SSSR count). The summed E-state index contributed by atoms with van der Waals surface area (Å²) in [6.45, 7) is 3.54. The van der Waals surface area contributed by atoms with E-state index in [0.29, 0.717) is 18.7 Å². The zero-order valence-corrected chi connectivity index (χ0v) is 21.6. The molecule has 2 aliphatic heterocycles. The average Bonchev–Trinajstić information content (AvgIpc) is 3.11. The van der Waals surface area contributed by atoms with E-state index < -0.39 is 17.8 Å². The lowest BCUT2D eigenvalue weighted by atomic mass is 10.0. The summed E-state index contributed by atoms with van der Waals surface area (Å²) in [6.07, 6.45) is 0.766. The predicted octanol–water partition coefficient (Wildman–Crippen LogP) is 3.65. The molecule has 10 heteroatoms. The largest absolute Gasteiger partial charge is 0.395 e. The molecule has 3 aromatic carbocycles. The van der Waals surface area contributed by atoms with Gasteiger partial charge >= 0.3 is 6.03 Å². The van der Waals surface area contributed by atoms with Gasteiger partial charge in [-0.25, -0.2) is 9.18 Å². The number of rotatable bonds is 5. The molecule has 3 N–H and O–H groups in total. The Kier molecular flexibility index (Phi) is 7.47. The molecule has 0 unspecified atom stereocenters. The van der Waals surface area contributed by atoms with Crippen LogP contribution in [0.5, 0.6) is 0 Å². The van der Waals surface area contributed by atoms with Crippen LogP contribution in [0.15, 0.2) is 60.7 Å². The van der Waals surface area contributed by atoms with Crippen molar-refractivity contribution in [3.63, 3.8) is 0 Å². The zero-order valence-electron chi connectivity index (χ0n) is 21.6. The first-order chi connectivity index (χ1) is 18.9. The van der Waals surface area contributed by atoms with Gasteiger partial charge in [-0.3, -0.25) is 14.5 Å². The smallest absolute Gasteiger partial charge is 0.322 e. The summed E-state index contributed by atoms with van der Waals surface area (Å²) < 4.78 is 14.5. The summed E-state index contributed by atoms with van der Waals surface area (Å²) in [6, 6.07) is 16.7. The van der Waals surface area contributed by atoms with Crippen LogP contribution in [0.1, 0.15) is 27.9 Å². The molecule has 4 amide bonds. The fraction of sp³-hybridized carbons (Fsp3) is 0.276. The SMILES string of the molecule is Cc1cc(C(=O)N2CCCN(CCO)c3ccccc32)ccc1CNC(=O)N1CC(=O)Nc2cccc(F)c21.